The number of halogens is 2. The lowest BCUT2D eigenvalue weighted by Crippen LogP contribution is -2.43. The number of rotatable bonds is 8. The van der Waals surface area contributed by atoms with Gasteiger partial charge in [-0.05, 0) is 45.4 Å². The van der Waals surface area contributed by atoms with Crippen LogP contribution in [0, 0.1) is 11.6 Å². The molecule has 0 aliphatic heterocycles. The SMILES string of the molecule is CNC(C)(CO)CCCCOc1ccc(F)c(F)c1. The van der Waals surface area contributed by atoms with E-state index in [2.05, 4.69) is 5.32 Å². The highest BCUT2D eigenvalue weighted by Gasteiger charge is 2.19. The maximum atomic E-state index is 12.9. The van der Waals surface area contributed by atoms with Gasteiger partial charge in [-0.1, -0.05) is 0 Å². The first-order chi connectivity index (χ1) is 9.00. The van der Waals surface area contributed by atoms with Crippen molar-refractivity contribution in [3.05, 3.63) is 29.8 Å². The van der Waals surface area contributed by atoms with Crippen molar-refractivity contribution >= 4 is 0 Å². The van der Waals surface area contributed by atoms with Gasteiger partial charge in [-0.2, -0.15) is 0 Å². The molecule has 1 aromatic rings. The number of aliphatic hydroxyl groups is 1. The predicted molar refractivity (Wildman–Crippen MR) is 70.3 cm³/mol. The molecule has 0 aliphatic carbocycles. The zero-order chi connectivity index (χ0) is 14.3. The predicted octanol–water partition coefficient (Wildman–Crippen LogP) is 2.48. The van der Waals surface area contributed by atoms with Gasteiger partial charge in [-0.3, -0.25) is 0 Å². The summed E-state index contributed by atoms with van der Waals surface area (Å²) < 4.78 is 30.9. The molecule has 19 heavy (non-hydrogen) atoms. The molecule has 0 spiro atoms. The van der Waals surface area contributed by atoms with E-state index in [0.29, 0.717) is 12.4 Å². The molecule has 1 rings (SSSR count). The lowest BCUT2D eigenvalue weighted by molar-refractivity contribution is 0.168. The van der Waals surface area contributed by atoms with Crippen LogP contribution in [0.2, 0.25) is 0 Å². The Morgan fingerprint density at radius 3 is 2.58 bits per heavy atom. The second-order valence-electron chi connectivity index (χ2n) is 4.85. The van der Waals surface area contributed by atoms with Crippen LogP contribution in [-0.4, -0.2) is 30.9 Å². The van der Waals surface area contributed by atoms with Crippen LogP contribution in [0.1, 0.15) is 26.2 Å². The third-order valence-corrected chi connectivity index (χ3v) is 3.24. The van der Waals surface area contributed by atoms with Crippen molar-refractivity contribution in [2.45, 2.75) is 31.7 Å². The van der Waals surface area contributed by atoms with E-state index >= 15 is 0 Å². The van der Waals surface area contributed by atoms with E-state index in [4.69, 9.17) is 4.74 Å². The van der Waals surface area contributed by atoms with Gasteiger partial charge >= 0.3 is 0 Å². The maximum absolute atomic E-state index is 12.9. The highest BCUT2D eigenvalue weighted by molar-refractivity contribution is 5.23. The van der Waals surface area contributed by atoms with Crippen LogP contribution in [0.25, 0.3) is 0 Å². The van der Waals surface area contributed by atoms with E-state index < -0.39 is 11.6 Å². The van der Waals surface area contributed by atoms with Gasteiger partial charge in [0.25, 0.3) is 0 Å². The molecule has 1 unspecified atom stereocenters. The van der Waals surface area contributed by atoms with Crippen LogP contribution < -0.4 is 10.1 Å². The minimum Gasteiger partial charge on any atom is -0.493 e. The van der Waals surface area contributed by atoms with Crippen molar-refractivity contribution in [1.29, 1.82) is 0 Å². The summed E-state index contributed by atoms with van der Waals surface area (Å²) in [5, 5.41) is 12.3. The highest BCUT2D eigenvalue weighted by atomic mass is 19.2. The number of hydrogen-bond donors (Lipinski definition) is 2. The van der Waals surface area contributed by atoms with Crippen LogP contribution >= 0.6 is 0 Å². The summed E-state index contributed by atoms with van der Waals surface area (Å²) in [6.07, 6.45) is 2.49. The third-order valence-electron chi connectivity index (χ3n) is 3.24. The molecule has 1 atom stereocenters. The van der Waals surface area contributed by atoms with Gasteiger partial charge in [-0.15, -0.1) is 0 Å². The van der Waals surface area contributed by atoms with Crippen LogP contribution in [-0.2, 0) is 0 Å². The third kappa shape index (κ3) is 5.12. The zero-order valence-electron chi connectivity index (χ0n) is 11.4. The molecule has 5 heteroatoms. The van der Waals surface area contributed by atoms with Crippen LogP contribution in [0.5, 0.6) is 5.75 Å². The molecule has 3 nitrogen and oxygen atoms in total. The highest BCUT2D eigenvalue weighted by Crippen LogP contribution is 2.17. The van der Waals surface area contributed by atoms with Gasteiger partial charge in [0.15, 0.2) is 11.6 Å². The molecule has 0 amide bonds. The van der Waals surface area contributed by atoms with Crippen molar-refractivity contribution in [2.24, 2.45) is 0 Å². The summed E-state index contributed by atoms with van der Waals surface area (Å²) >= 11 is 0. The summed E-state index contributed by atoms with van der Waals surface area (Å²) in [4.78, 5) is 0. The zero-order valence-corrected chi connectivity index (χ0v) is 11.4. The second-order valence-corrected chi connectivity index (χ2v) is 4.85. The Bertz CT molecular complexity index is 395. The Balaban J connectivity index is 2.26. The summed E-state index contributed by atoms with van der Waals surface area (Å²) in [6, 6.07) is 3.50. The molecular weight excluding hydrogens is 252 g/mol. The van der Waals surface area contributed by atoms with Gasteiger partial charge in [0, 0.05) is 11.6 Å². The van der Waals surface area contributed by atoms with Crippen molar-refractivity contribution in [1.82, 2.24) is 5.32 Å². The summed E-state index contributed by atoms with van der Waals surface area (Å²) in [5.41, 5.74) is -0.276. The normalized spacial score (nSPS) is 14.2. The summed E-state index contributed by atoms with van der Waals surface area (Å²) in [7, 11) is 1.81. The summed E-state index contributed by atoms with van der Waals surface area (Å²) in [6.45, 7) is 2.47. The quantitative estimate of drug-likeness (QED) is 0.715. The number of likely N-dealkylation sites (N-methyl/N-ethyl adjacent to an activating group) is 1. The van der Waals surface area contributed by atoms with Crippen molar-refractivity contribution < 1.29 is 18.6 Å². The molecule has 0 saturated carbocycles. The smallest absolute Gasteiger partial charge is 0.162 e. The van der Waals surface area contributed by atoms with Crippen molar-refractivity contribution in [3.63, 3.8) is 0 Å². The second kappa shape index (κ2) is 7.40. The molecular formula is C14H21F2NO2. The molecule has 108 valence electrons. The number of nitrogens with one attached hydrogen (secondary N) is 1. The molecule has 2 N–H and O–H groups in total. The van der Waals surface area contributed by atoms with Crippen LogP contribution in [0.4, 0.5) is 8.78 Å². The average molecular weight is 273 g/mol. The first-order valence-corrected chi connectivity index (χ1v) is 6.38. The molecule has 0 aromatic heterocycles. The van der Waals surface area contributed by atoms with E-state index in [1.807, 2.05) is 14.0 Å². The monoisotopic (exact) mass is 273 g/mol. The van der Waals surface area contributed by atoms with Gasteiger partial charge in [0.1, 0.15) is 5.75 Å². The first-order valence-electron chi connectivity index (χ1n) is 6.38. The van der Waals surface area contributed by atoms with E-state index in [-0.39, 0.29) is 12.1 Å². The minimum absolute atomic E-state index is 0.0769. The number of aliphatic hydroxyl groups excluding tert-OH is 1. The molecule has 0 radical (unpaired) electrons. The summed E-state index contributed by atoms with van der Waals surface area (Å²) in [5.74, 6) is -1.45. The maximum Gasteiger partial charge on any atom is 0.162 e. The Hall–Kier alpha value is -1.20. The fourth-order valence-corrected chi connectivity index (χ4v) is 1.66. The van der Waals surface area contributed by atoms with E-state index in [0.717, 1.165) is 31.4 Å². The number of benzene rings is 1. The largest absolute Gasteiger partial charge is 0.493 e. The van der Waals surface area contributed by atoms with Gasteiger partial charge in [0.2, 0.25) is 0 Å². The first kappa shape index (κ1) is 15.9. The Morgan fingerprint density at radius 2 is 2.00 bits per heavy atom. The van der Waals surface area contributed by atoms with Gasteiger partial charge in [-0.25, -0.2) is 8.78 Å². The lowest BCUT2D eigenvalue weighted by Gasteiger charge is -2.26. The Labute approximate surface area is 112 Å². The standard InChI is InChI=1S/C14H21F2NO2/c1-14(10-18,17-2)7-3-4-8-19-11-5-6-12(15)13(16)9-11/h5-6,9,17-18H,3-4,7-8,10H2,1-2H3. The Morgan fingerprint density at radius 1 is 1.26 bits per heavy atom. The fourth-order valence-electron chi connectivity index (χ4n) is 1.66. The van der Waals surface area contributed by atoms with Crippen LogP contribution in [0.15, 0.2) is 18.2 Å². The van der Waals surface area contributed by atoms with Gasteiger partial charge in [0.05, 0.1) is 13.2 Å². The molecule has 0 bridgehead atoms. The molecule has 1 aromatic carbocycles. The van der Waals surface area contributed by atoms with E-state index in [1.54, 1.807) is 0 Å². The number of unbranched alkanes of at least 4 members (excludes halogenated alkanes) is 1. The van der Waals surface area contributed by atoms with Crippen molar-refractivity contribution in [2.75, 3.05) is 20.3 Å². The fraction of sp³-hybridized carbons (Fsp3) is 0.571. The topological polar surface area (TPSA) is 41.5 Å². The average Bonchev–Trinajstić information content (AvgIpc) is 2.42. The molecule has 0 saturated heterocycles. The molecule has 0 aliphatic rings. The number of ether oxygens (including phenoxy) is 1. The van der Waals surface area contributed by atoms with Crippen LogP contribution in [0.3, 0.4) is 0 Å². The molecule has 0 heterocycles. The minimum atomic E-state index is -0.902. The Kier molecular flexibility index (Phi) is 6.18. The molecule has 0 fully saturated rings. The number of hydrogen-bond acceptors (Lipinski definition) is 3. The van der Waals surface area contributed by atoms with E-state index in [9.17, 15) is 13.9 Å². The van der Waals surface area contributed by atoms with Gasteiger partial charge < -0.3 is 15.2 Å². The van der Waals surface area contributed by atoms with E-state index in [1.165, 1.54) is 6.07 Å². The lowest BCUT2D eigenvalue weighted by atomic mass is 9.96. The van der Waals surface area contributed by atoms with Crippen molar-refractivity contribution in [3.8, 4) is 5.75 Å².